The van der Waals surface area contributed by atoms with Gasteiger partial charge in [0.1, 0.15) is 6.17 Å². The zero-order valence-electron chi connectivity index (χ0n) is 15.9. The molecule has 2 aromatic rings. The third-order valence-corrected chi connectivity index (χ3v) is 5.94. The Morgan fingerprint density at radius 2 is 1.80 bits per heavy atom. The molecule has 3 rings (SSSR count). The third kappa shape index (κ3) is 3.94. The second kappa shape index (κ2) is 7.68. The molecule has 1 aromatic heterocycles. The Balaban J connectivity index is 2.07. The van der Waals surface area contributed by atoms with Crippen molar-refractivity contribution in [2.45, 2.75) is 65.5 Å². The lowest BCUT2D eigenvalue weighted by Gasteiger charge is -2.34. The van der Waals surface area contributed by atoms with Gasteiger partial charge < -0.3 is 0 Å². The molecule has 0 N–H and O–H groups in total. The maximum atomic E-state index is 14.1. The summed E-state index contributed by atoms with van der Waals surface area (Å²) in [6.45, 7) is 8.16. The van der Waals surface area contributed by atoms with Crippen molar-refractivity contribution in [2.75, 3.05) is 0 Å². The van der Waals surface area contributed by atoms with E-state index in [0.29, 0.717) is 5.92 Å². The predicted molar refractivity (Wildman–Crippen MR) is 103 cm³/mol. The molecule has 0 saturated heterocycles. The Morgan fingerprint density at radius 1 is 1.08 bits per heavy atom. The predicted octanol–water partition coefficient (Wildman–Crippen LogP) is 6.69. The minimum absolute atomic E-state index is 0.270. The fourth-order valence-corrected chi connectivity index (χ4v) is 4.45. The molecule has 1 nitrogen and oxygen atoms in total. The van der Waals surface area contributed by atoms with Gasteiger partial charge in [-0.25, -0.2) is 4.39 Å². The second-order valence-electron chi connectivity index (χ2n) is 7.94. The van der Waals surface area contributed by atoms with Crippen LogP contribution in [0.1, 0.15) is 79.6 Å². The van der Waals surface area contributed by atoms with Gasteiger partial charge in [-0.3, -0.25) is 4.98 Å². The standard InChI is InChI=1S/C23H30FN/c1-15-8-10-19(11-9-15)22(20-7-5-6-16(2)14-20)23-17(3)21(18(4)24)12-13-25-23/h5-7,12-15,18-19,22H,8-11H2,1-4H3. The molecule has 2 heteroatoms. The van der Waals surface area contributed by atoms with Crippen LogP contribution in [0.5, 0.6) is 0 Å². The summed E-state index contributed by atoms with van der Waals surface area (Å²) in [5.74, 6) is 1.68. The Kier molecular flexibility index (Phi) is 5.56. The molecule has 1 saturated carbocycles. The van der Waals surface area contributed by atoms with Crippen LogP contribution < -0.4 is 0 Å². The van der Waals surface area contributed by atoms with E-state index in [-0.39, 0.29) is 5.92 Å². The van der Waals surface area contributed by atoms with Gasteiger partial charge in [0.2, 0.25) is 0 Å². The monoisotopic (exact) mass is 339 g/mol. The van der Waals surface area contributed by atoms with Crippen molar-refractivity contribution < 1.29 is 4.39 Å². The zero-order valence-corrected chi connectivity index (χ0v) is 15.9. The van der Waals surface area contributed by atoms with Crippen LogP contribution in [-0.2, 0) is 0 Å². The first kappa shape index (κ1) is 18.1. The highest BCUT2D eigenvalue weighted by Gasteiger charge is 2.31. The van der Waals surface area contributed by atoms with E-state index in [0.717, 1.165) is 22.7 Å². The van der Waals surface area contributed by atoms with E-state index in [1.54, 1.807) is 13.1 Å². The van der Waals surface area contributed by atoms with Crippen LogP contribution in [0.2, 0.25) is 0 Å². The number of aromatic nitrogens is 1. The van der Waals surface area contributed by atoms with E-state index in [4.69, 9.17) is 4.98 Å². The van der Waals surface area contributed by atoms with Gasteiger partial charge in [-0.2, -0.15) is 0 Å². The first-order chi connectivity index (χ1) is 12.0. The molecule has 0 aliphatic heterocycles. The Bertz CT molecular complexity index is 714. The highest BCUT2D eigenvalue weighted by atomic mass is 19.1. The van der Waals surface area contributed by atoms with Crippen LogP contribution in [-0.4, -0.2) is 4.98 Å². The Morgan fingerprint density at radius 3 is 2.44 bits per heavy atom. The van der Waals surface area contributed by atoms with Crippen molar-refractivity contribution in [1.82, 2.24) is 4.98 Å². The molecule has 1 aliphatic carbocycles. The highest BCUT2D eigenvalue weighted by Crippen LogP contribution is 2.43. The largest absolute Gasteiger partial charge is 0.260 e. The maximum Gasteiger partial charge on any atom is 0.123 e. The molecule has 1 aliphatic rings. The van der Waals surface area contributed by atoms with Crippen LogP contribution >= 0.6 is 0 Å². The molecule has 1 heterocycles. The van der Waals surface area contributed by atoms with Crippen LogP contribution in [0, 0.1) is 25.7 Å². The summed E-state index contributed by atoms with van der Waals surface area (Å²) in [4.78, 5) is 4.76. The van der Waals surface area contributed by atoms with Gasteiger partial charge in [-0.1, -0.05) is 49.6 Å². The number of hydrogen-bond acceptors (Lipinski definition) is 1. The van der Waals surface area contributed by atoms with Gasteiger partial charge in [0.25, 0.3) is 0 Å². The fraction of sp³-hybridized carbons (Fsp3) is 0.522. The van der Waals surface area contributed by atoms with Crippen molar-refractivity contribution in [2.24, 2.45) is 11.8 Å². The van der Waals surface area contributed by atoms with Gasteiger partial charge in [0.05, 0.1) is 5.69 Å². The lowest BCUT2D eigenvalue weighted by molar-refractivity contribution is 0.266. The average molecular weight is 339 g/mol. The number of nitrogens with zero attached hydrogens (tertiary/aromatic N) is 1. The summed E-state index contributed by atoms with van der Waals surface area (Å²) in [5, 5.41) is 0. The minimum Gasteiger partial charge on any atom is -0.260 e. The van der Waals surface area contributed by atoms with Gasteiger partial charge in [-0.05, 0) is 68.2 Å². The number of hydrogen-bond donors (Lipinski definition) is 0. The summed E-state index contributed by atoms with van der Waals surface area (Å²) in [6, 6.07) is 10.6. The second-order valence-corrected chi connectivity index (χ2v) is 7.94. The first-order valence-electron chi connectivity index (χ1n) is 9.63. The van der Waals surface area contributed by atoms with Crippen molar-refractivity contribution in [3.05, 3.63) is 64.5 Å². The molecule has 0 bridgehead atoms. The van der Waals surface area contributed by atoms with E-state index in [1.165, 1.54) is 36.8 Å². The van der Waals surface area contributed by atoms with Gasteiger partial charge >= 0.3 is 0 Å². The quantitative estimate of drug-likeness (QED) is 0.605. The number of benzene rings is 1. The average Bonchev–Trinajstić information content (AvgIpc) is 2.58. The third-order valence-electron chi connectivity index (χ3n) is 5.94. The van der Waals surface area contributed by atoms with Crippen LogP contribution in [0.4, 0.5) is 4.39 Å². The van der Waals surface area contributed by atoms with E-state index < -0.39 is 6.17 Å². The van der Waals surface area contributed by atoms with Crippen molar-refractivity contribution in [3.63, 3.8) is 0 Å². The van der Waals surface area contributed by atoms with Crippen molar-refractivity contribution >= 4 is 0 Å². The summed E-state index contributed by atoms with van der Waals surface area (Å²) in [7, 11) is 0. The molecule has 1 aromatic carbocycles. The van der Waals surface area contributed by atoms with E-state index >= 15 is 0 Å². The number of halogens is 1. The fourth-order valence-electron chi connectivity index (χ4n) is 4.45. The maximum absolute atomic E-state index is 14.1. The molecule has 0 spiro atoms. The topological polar surface area (TPSA) is 12.9 Å². The Labute approximate surface area is 151 Å². The lowest BCUT2D eigenvalue weighted by Crippen LogP contribution is -2.22. The number of rotatable bonds is 4. The minimum atomic E-state index is -0.953. The summed E-state index contributed by atoms with van der Waals surface area (Å²) >= 11 is 0. The molecule has 1 fully saturated rings. The highest BCUT2D eigenvalue weighted by molar-refractivity contribution is 5.39. The van der Waals surface area contributed by atoms with E-state index in [1.807, 2.05) is 13.0 Å². The van der Waals surface area contributed by atoms with Crippen LogP contribution in [0.3, 0.4) is 0 Å². The normalized spacial score (nSPS) is 23.2. The lowest BCUT2D eigenvalue weighted by atomic mass is 9.71. The van der Waals surface area contributed by atoms with Crippen LogP contribution in [0.25, 0.3) is 0 Å². The van der Waals surface area contributed by atoms with Crippen molar-refractivity contribution in [3.8, 4) is 0 Å². The number of aryl methyl sites for hydroxylation is 1. The number of alkyl halides is 1. The molecule has 0 radical (unpaired) electrons. The SMILES string of the molecule is Cc1cccc(C(c2nccc(C(C)F)c2C)C2CCC(C)CC2)c1. The summed E-state index contributed by atoms with van der Waals surface area (Å²) in [5.41, 5.74) is 5.50. The first-order valence-corrected chi connectivity index (χ1v) is 9.63. The number of pyridine rings is 1. The van der Waals surface area contributed by atoms with Gasteiger partial charge in [0, 0.05) is 12.1 Å². The van der Waals surface area contributed by atoms with E-state index in [2.05, 4.69) is 38.1 Å². The van der Waals surface area contributed by atoms with E-state index in [9.17, 15) is 4.39 Å². The Hall–Kier alpha value is -1.70. The molecule has 0 amide bonds. The summed E-state index contributed by atoms with van der Waals surface area (Å²) < 4.78 is 14.1. The van der Waals surface area contributed by atoms with Gasteiger partial charge in [0.15, 0.2) is 0 Å². The summed E-state index contributed by atoms with van der Waals surface area (Å²) in [6.07, 6.45) is 5.87. The molecule has 25 heavy (non-hydrogen) atoms. The molecular weight excluding hydrogens is 309 g/mol. The molecule has 2 unspecified atom stereocenters. The van der Waals surface area contributed by atoms with Crippen LogP contribution in [0.15, 0.2) is 36.5 Å². The van der Waals surface area contributed by atoms with Gasteiger partial charge in [-0.15, -0.1) is 0 Å². The van der Waals surface area contributed by atoms with Crippen molar-refractivity contribution in [1.29, 1.82) is 0 Å². The molecular formula is C23H30FN. The zero-order chi connectivity index (χ0) is 18.0. The smallest absolute Gasteiger partial charge is 0.123 e. The molecule has 2 atom stereocenters. The molecule has 134 valence electrons.